The molecule has 10 nitrogen and oxygen atoms in total. The Kier molecular flexibility index (Phi) is 5.45. The van der Waals surface area contributed by atoms with Crippen LogP contribution in [-0.2, 0) is 8.32 Å². The summed E-state index contributed by atoms with van der Waals surface area (Å²) in [5.41, 5.74) is 3.33. The first-order valence-corrected chi connectivity index (χ1v) is 18.0. The van der Waals surface area contributed by atoms with E-state index in [0.717, 1.165) is 0 Å². The van der Waals surface area contributed by atoms with E-state index in [1.807, 2.05) is 97.1 Å². The SMILES string of the molecule is O=C([O][Ga]1[n]2c3c4ccccc4c2N=C2N=C(N=c4c5ccccc5c([n]41)=NC1=NC(=N3)c3ccccc31)c1ccccc12)C(F)(F)F. The third-order valence-corrected chi connectivity index (χ3v) is 13.5. The van der Waals surface area contributed by atoms with Gasteiger partial charge in [-0.05, 0) is 0 Å². The second-order valence-corrected chi connectivity index (χ2v) is 15.4. The van der Waals surface area contributed by atoms with E-state index in [9.17, 15) is 18.0 Å². The van der Waals surface area contributed by atoms with Crippen molar-refractivity contribution >= 4 is 79.6 Å². The average molecular weight is 695 g/mol. The third-order valence-electron chi connectivity index (χ3n) is 8.70. The van der Waals surface area contributed by atoms with Crippen LogP contribution in [0, 0.1) is 0 Å². The number of nitrogens with zero attached hydrogens (tertiary/aromatic N) is 8. The maximum absolute atomic E-state index is 14.2. The molecule has 6 heterocycles. The Bertz CT molecular complexity index is 2570. The Morgan fingerprint density at radius 2 is 0.896 bits per heavy atom. The fourth-order valence-electron chi connectivity index (χ4n) is 6.65. The molecular weight excluding hydrogens is 679 g/mol. The maximum atomic E-state index is 14.2. The summed E-state index contributed by atoms with van der Waals surface area (Å²) >= 11 is -4.68. The molecule has 4 aliphatic heterocycles. The van der Waals surface area contributed by atoms with Crippen molar-refractivity contribution in [2.45, 2.75) is 6.18 Å². The van der Waals surface area contributed by atoms with Gasteiger partial charge in [0.05, 0.1) is 0 Å². The first-order valence-electron chi connectivity index (χ1n) is 14.9. The first kappa shape index (κ1) is 27.3. The Balaban J connectivity index is 1.49. The van der Waals surface area contributed by atoms with Crippen molar-refractivity contribution in [3.05, 3.63) is 130 Å². The summed E-state index contributed by atoms with van der Waals surface area (Å²) in [5, 5.41) is 2.36. The Labute approximate surface area is 273 Å². The molecule has 0 fully saturated rings. The molecule has 14 heteroatoms. The number of hydrogen-bond acceptors (Lipinski definition) is 8. The number of aliphatic imine (C=N–C) groups is 4. The molecule has 0 amide bonds. The molecule has 228 valence electrons. The number of alkyl halides is 3. The van der Waals surface area contributed by atoms with Gasteiger partial charge in [-0.25, -0.2) is 0 Å². The van der Waals surface area contributed by atoms with Crippen molar-refractivity contribution in [3.63, 3.8) is 0 Å². The number of amidine groups is 4. The molecule has 0 aliphatic carbocycles. The molecule has 0 N–H and O–H groups in total. The van der Waals surface area contributed by atoms with Gasteiger partial charge < -0.3 is 0 Å². The van der Waals surface area contributed by atoms with E-state index in [1.54, 1.807) is 6.55 Å². The van der Waals surface area contributed by atoms with Crippen LogP contribution in [-0.4, -0.2) is 59.1 Å². The van der Waals surface area contributed by atoms with E-state index in [-0.39, 0.29) is 22.6 Å². The van der Waals surface area contributed by atoms with Crippen LogP contribution >= 0.6 is 0 Å². The first-order chi connectivity index (χ1) is 23.3. The van der Waals surface area contributed by atoms with Gasteiger partial charge in [-0.2, -0.15) is 0 Å². The van der Waals surface area contributed by atoms with Crippen LogP contribution in [0.4, 0.5) is 24.8 Å². The van der Waals surface area contributed by atoms with Crippen molar-refractivity contribution in [2.75, 3.05) is 0 Å². The quantitative estimate of drug-likeness (QED) is 0.225. The summed E-state index contributed by atoms with van der Waals surface area (Å²) in [7, 11) is 0. The van der Waals surface area contributed by atoms with Crippen LogP contribution in [0.25, 0.3) is 21.5 Å². The van der Waals surface area contributed by atoms with Crippen molar-refractivity contribution < 1.29 is 21.5 Å². The van der Waals surface area contributed by atoms with Crippen LogP contribution in [0.2, 0.25) is 0 Å². The number of hydrogen-bond donors (Lipinski definition) is 0. The Hall–Kier alpha value is -5.86. The van der Waals surface area contributed by atoms with Crippen LogP contribution in [0.5, 0.6) is 0 Å². The minimum atomic E-state index is -5.28. The Morgan fingerprint density at radius 1 is 0.521 bits per heavy atom. The molecule has 4 aliphatic rings. The normalized spacial score (nSPS) is 15.4. The second-order valence-electron chi connectivity index (χ2n) is 11.4. The topological polar surface area (TPSA) is 110 Å². The van der Waals surface area contributed by atoms with Gasteiger partial charge in [-0.3, -0.25) is 0 Å². The minimum absolute atomic E-state index is 0.257. The van der Waals surface area contributed by atoms with E-state index >= 15 is 0 Å². The van der Waals surface area contributed by atoms with E-state index in [0.29, 0.717) is 67.1 Å². The third kappa shape index (κ3) is 3.74. The van der Waals surface area contributed by atoms with Crippen LogP contribution < -0.4 is 11.0 Å². The average Bonchev–Trinajstić information content (AvgIpc) is 3.80. The summed E-state index contributed by atoms with van der Waals surface area (Å²) in [6.07, 6.45) is -5.28. The molecule has 0 saturated heterocycles. The molecule has 6 aromatic rings. The fourth-order valence-corrected chi connectivity index (χ4v) is 11.7. The van der Waals surface area contributed by atoms with Crippen LogP contribution in [0.3, 0.4) is 0 Å². The monoisotopic (exact) mass is 694 g/mol. The van der Waals surface area contributed by atoms with Crippen LogP contribution in [0.15, 0.2) is 127 Å². The number of carbonyl (C=O) groups is 1. The molecule has 48 heavy (non-hydrogen) atoms. The summed E-state index contributed by atoms with van der Waals surface area (Å²) in [6, 6.07) is 29.4. The van der Waals surface area contributed by atoms with Crippen molar-refractivity contribution in [2.24, 2.45) is 30.0 Å². The molecule has 0 atom stereocenters. The molecule has 10 rings (SSSR count). The van der Waals surface area contributed by atoms with E-state index < -0.39 is 29.2 Å². The van der Waals surface area contributed by atoms with E-state index in [1.165, 1.54) is 0 Å². The molecule has 4 aromatic carbocycles. The molecular formula is C34H16F3GaN8O2. The summed E-state index contributed by atoms with van der Waals surface area (Å²) in [4.78, 5) is 42.7. The molecule has 0 radical (unpaired) electrons. The van der Waals surface area contributed by atoms with Gasteiger partial charge in [-0.1, -0.05) is 0 Å². The van der Waals surface area contributed by atoms with Crippen LogP contribution in [0.1, 0.15) is 22.3 Å². The standard InChI is InChI=1S/C32H16N8.C2HF3O2.Ga/c1-2-10-18-17(9-1)25-33-26(18)38-28-21-13-5-6-14-22(21)30(35-28)40-32-24-16-8-7-15-23(24)31(36-32)39-29-20-12-4-3-11-19(20)27(34-29)37-25;3-2(4,5)1(6)7;/h1-16H;(H,6,7);/q-2;;+3/p-1. The molecule has 6 bridgehead atoms. The predicted molar refractivity (Wildman–Crippen MR) is 173 cm³/mol. The van der Waals surface area contributed by atoms with Gasteiger partial charge >= 0.3 is 274 Å². The van der Waals surface area contributed by atoms with Gasteiger partial charge in [0.25, 0.3) is 0 Å². The molecule has 2 aromatic heterocycles. The van der Waals surface area contributed by atoms with Crippen molar-refractivity contribution in [3.8, 4) is 0 Å². The number of rotatable bonds is 1. The predicted octanol–water partition coefficient (Wildman–Crippen LogP) is 5.03. The zero-order chi connectivity index (χ0) is 32.3. The van der Waals surface area contributed by atoms with Crippen molar-refractivity contribution in [1.29, 1.82) is 0 Å². The van der Waals surface area contributed by atoms with Gasteiger partial charge in [-0.15, -0.1) is 0 Å². The summed E-state index contributed by atoms with van der Waals surface area (Å²) in [5.74, 6) is -0.514. The van der Waals surface area contributed by atoms with Gasteiger partial charge in [0.1, 0.15) is 0 Å². The van der Waals surface area contributed by atoms with Gasteiger partial charge in [0.15, 0.2) is 0 Å². The molecule has 0 saturated carbocycles. The molecule has 0 unspecified atom stereocenters. The summed E-state index contributed by atoms with van der Waals surface area (Å²) < 4.78 is 51.3. The molecule has 0 spiro atoms. The fraction of sp³-hybridized carbons (Fsp3) is 0.0294. The van der Waals surface area contributed by atoms with E-state index in [2.05, 4.69) is 0 Å². The summed E-state index contributed by atoms with van der Waals surface area (Å²) in [6.45, 7) is 0. The van der Waals surface area contributed by atoms with Gasteiger partial charge in [0.2, 0.25) is 0 Å². The second kappa shape index (κ2) is 9.59. The number of aromatic nitrogens is 2. The van der Waals surface area contributed by atoms with Crippen molar-refractivity contribution in [1.82, 2.24) is 6.55 Å². The number of halogens is 3. The van der Waals surface area contributed by atoms with E-state index in [4.69, 9.17) is 33.5 Å². The zero-order valence-corrected chi connectivity index (χ0v) is 26.8. The Morgan fingerprint density at radius 3 is 1.31 bits per heavy atom. The zero-order valence-electron chi connectivity index (χ0n) is 24.3. The number of benzene rings is 4. The number of carbonyl (C=O) groups excluding carboxylic acids is 1. The number of fused-ring (bicyclic) bond motifs is 14. The van der Waals surface area contributed by atoms with Gasteiger partial charge in [0, 0.05) is 0 Å².